The summed E-state index contributed by atoms with van der Waals surface area (Å²) in [5.41, 5.74) is -0.335. The Bertz CT molecular complexity index is 390. The Morgan fingerprint density at radius 1 is 1.47 bits per heavy atom. The minimum Gasteiger partial charge on any atom is -0.508 e. The summed E-state index contributed by atoms with van der Waals surface area (Å²) in [7, 11) is 0. The summed E-state index contributed by atoms with van der Waals surface area (Å²) in [4.78, 5) is 11.6. The average Bonchev–Trinajstić information content (AvgIpc) is 2.83. The number of carbonyl (C=O) groups is 1. The van der Waals surface area contributed by atoms with Crippen LogP contribution in [0, 0.1) is 5.41 Å². The van der Waals surface area contributed by atoms with Crippen molar-refractivity contribution in [2.75, 3.05) is 0 Å². The van der Waals surface area contributed by atoms with E-state index in [9.17, 15) is 9.90 Å². The Morgan fingerprint density at radius 2 is 2.13 bits per heavy atom. The number of hydrogen-bond donors (Lipinski definition) is 1. The third-order valence-electron chi connectivity index (χ3n) is 2.56. The van der Waals surface area contributed by atoms with Gasteiger partial charge in [0, 0.05) is 11.1 Å². The van der Waals surface area contributed by atoms with Gasteiger partial charge in [-0.05, 0) is 31.9 Å². The first-order chi connectivity index (χ1) is 6.99. The second-order valence-corrected chi connectivity index (χ2v) is 4.53. The van der Waals surface area contributed by atoms with Gasteiger partial charge in [0.05, 0.1) is 5.41 Å². The zero-order chi connectivity index (χ0) is 11.1. The molecule has 1 aromatic rings. The number of hydrogen-bond acceptors (Lipinski definition) is 3. The number of phenolic OH excluding ortho intramolecular Hbond substituents is 1. The fourth-order valence-electron chi connectivity index (χ4n) is 1.23. The van der Waals surface area contributed by atoms with E-state index < -0.39 is 0 Å². The summed E-state index contributed by atoms with van der Waals surface area (Å²) in [6, 6.07) is 4.26. The number of benzene rings is 1. The molecule has 1 saturated carbocycles. The summed E-state index contributed by atoms with van der Waals surface area (Å²) in [6.07, 6.45) is 1.72. The highest BCUT2D eigenvalue weighted by atomic mass is 35.5. The highest BCUT2D eigenvalue weighted by Gasteiger charge is 2.46. The zero-order valence-electron chi connectivity index (χ0n) is 8.29. The predicted octanol–water partition coefficient (Wildman–Crippen LogP) is 2.75. The summed E-state index contributed by atoms with van der Waals surface area (Å²) in [6.45, 7) is 1.86. The Morgan fingerprint density at radius 3 is 2.67 bits per heavy atom. The molecule has 1 aliphatic rings. The van der Waals surface area contributed by atoms with E-state index in [2.05, 4.69) is 0 Å². The van der Waals surface area contributed by atoms with Gasteiger partial charge in [-0.2, -0.15) is 0 Å². The molecule has 0 heterocycles. The van der Waals surface area contributed by atoms with Crippen LogP contribution < -0.4 is 4.74 Å². The first-order valence-electron chi connectivity index (χ1n) is 4.71. The van der Waals surface area contributed by atoms with Crippen LogP contribution in [0.2, 0.25) is 5.02 Å². The van der Waals surface area contributed by atoms with Crippen molar-refractivity contribution in [3.8, 4) is 11.5 Å². The molecule has 80 valence electrons. The third kappa shape index (κ3) is 2.23. The van der Waals surface area contributed by atoms with E-state index in [4.69, 9.17) is 16.3 Å². The lowest BCUT2D eigenvalue weighted by Crippen LogP contribution is -2.18. The van der Waals surface area contributed by atoms with Gasteiger partial charge in [0.25, 0.3) is 0 Å². The molecule has 0 bridgehead atoms. The number of ether oxygens (including phenoxy) is 1. The van der Waals surface area contributed by atoms with Gasteiger partial charge in [0.15, 0.2) is 0 Å². The second kappa shape index (κ2) is 3.42. The number of esters is 1. The van der Waals surface area contributed by atoms with Gasteiger partial charge in [-0.3, -0.25) is 4.79 Å². The van der Waals surface area contributed by atoms with Gasteiger partial charge in [0.2, 0.25) is 0 Å². The highest BCUT2D eigenvalue weighted by Crippen LogP contribution is 2.46. The summed E-state index contributed by atoms with van der Waals surface area (Å²) < 4.78 is 5.12. The Balaban J connectivity index is 2.13. The minimum absolute atomic E-state index is 0.00810. The monoisotopic (exact) mass is 226 g/mol. The summed E-state index contributed by atoms with van der Waals surface area (Å²) in [5, 5.41) is 9.60. The molecule has 0 amide bonds. The maximum absolute atomic E-state index is 11.6. The van der Waals surface area contributed by atoms with E-state index in [0.29, 0.717) is 5.02 Å². The smallest absolute Gasteiger partial charge is 0.317 e. The quantitative estimate of drug-likeness (QED) is 0.623. The fraction of sp³-hybridized carbons (Fsp3) is 0.364. The van der Waals surface area contributed by atoms with Crippen LogP contribution in [0.5, 0.6) is 11.5 Å². The standard InChI is InChI=1S/C11H11ClO3/c1-11(2-3-11)10(14)15-9-5-7(12)4-8(13)6-9/h4-6,13H,2-3H2,1H3. The van der Waals surface area contributed by atoms with Gasteiger partial charge in [-0.1, -0.05) is 11.6 Å². The molecule has 3 nitrogen and oxygen atoms in total. The molecular formula is C11H11ClO3. The molecule has 1 aromatic carbocycles. The maximum Gasteiger partial charge on any atom is 0.317 e. The number of phenols is 1. The number of aromatic hydroxyl groups is 1. The Kier molecular flexibility index (Phi) is 2.35. The van der Waals surface area contributed by atoms with Gasteiger partial charge >= 0.3 is 5.97 Å². The van der Waals surface area contributed by atoms with Crippen molar-refractivity contribution >= 4 is 17.6 Å². The van der Waals surface area contributed by atoms with Crippen molar-refractivity contribution < 1.29 is 14.6 Å². The lowest BCUT2D eigenvalue weighted by molar-refractivity contribution is -0.139. The highest BCUT2D eigenvalue weighted by molar-refractivity contribution is 6.30. The SMILES string of the molecule is CC1(C(=O)Oc2cc(O)cc(Cl)c2)CC1. The normalized spacial score (nSPS) is 17.2. The predicted molar refractivity (Wildman–Crippen MR) is 56.1 cm³/mol. The third-order valence-corrected chi connectivity index (χ3v) is 2.78. The average molecular weight is 227 g/mol. The molecule has 2 rings (SSSR count). The molecule has 1 N–H and O–H groups in total. The molecule has 0 spiro atoms. The van der Waals surface area contributed by atoms with E-state index >= 15 is 0 Å². The fourth-order valence-corrected chi connectivity index (χ4v) is 1.45. The van der Waals surface area contributed by atoms with Crippen molar-refractivity contribution in [2.45, 2.75) is 19.8 Å². The minimum atomic E-state index is -0.335. The number of carbonyl (C=O) groups excluding carboxylic acids is 1. The summed E-state index contributed by atoms with van der Waals surface area (Å²) >= 11 is 5.71. The molecule has 15 heavy (non-hydrogen) atoms. The van der Waals surface area contributed by atoms with Gasteiger partial charge in [-0.15, -0.1) is 0 Å². The lowest BCUT2D eigenvalue weighted by Gasteiger charge is -2.09. The number of halogens is 1. The first kappa shape index (κ1) is 10.3. The second-order valence-electron chi connectivity index (χ2n) is 4.10. The molecule has 0 aromatic heterocycles. The molecular weight excluding hydrogens is 216 g/mol. The van der Waals surface area contributed by atoms with E-state index in [1.807, 2.05) is 6.92 Å². The Hall–Kier alpha value is -1.22. The van der Waals surface area contributed by atoms with Gasteiger partial charge in [0.1, 0.15) is 11.5 Å². The van der Waals surface area contributed by atoms with Crippen molar-refractivity contribution in [2.24, 2.45) is 5.41 Å². The van der Waals surface area contributed by atoms with Gasteiger partial charge < -0.3 is 9.84 Å². The molecule has 1 aliphatic carbocycles. The van der Waals surface area contributed by atoms with Crippen molar-refractivity contribution in [3.63, 3.8) is 0 Å². The largest absolute Gasteiger partial charge is 0.508 e. The molecule has 4 heteroatoms. The molecule has 0 atom stereocenters. The van der Waals surface area contributed by atoms with Crippen LogP contribution in [-0.2, 0) is 4.79 Å². The molecule has 0 aliphatic heterocycles. The first-order valence-corrected chi connectivity index (χ1v) is 5.09. The van der Waals surface area contributed by atoms with E-state index in [1.165, 1.54) is 18.2 Å². The molecule has 0 radical (unpaired) electrons. The van der Waals surface area contributed by atoms with Crippen LogP contribution >= 0.6 is 11.6 Å². The van der Waals surface area contributed by atoms with E-state index in [1.54, 1.807) is 0 Å². The number of rotatable bonds is 2. The van der Waals surface area contributed by atoms with Gasteiger partial charge in [-0.25, -0.2) is 0 Å². The van der Waals surface area contributed by atoms with Crippen LogP contribution in [0.3, 0.4) is 0 Å². The molecule has 0 unspecified atom stereocenters. The zero-order valence-corrected chi connectivity index (χ0v) is 9.04. The van der Waals surface area contributed by atoms with Crippen molar-refractivity contribution in [1.29, 1.82) is 0 Å². The molecule has 0 saturated heterocycles. The lowest BCUT2D eigenvalue weighted by atomic mass is 10.1. The van der Waals surface area contributed by atoms with Crippen LogP contribution in [0.1, 0.15) is 19.8 Å². The van der Waals surface area contributed by atoms with Crippen LogP contribution in [0.25, 0.3) is 0 Å². The van der Waals surface area contributed by atoms with E-state index in [-0.39, 0.29) is 22.9 Å². The maximum atomic E-state index is 11.6. The van der Waals surface area contributed by atoms with Crippen molar-refractivity contribution in [3.05, 3.63) is 23.2 Å². The van der Waals surface area contributed by atoms with Crippen LogP contribution in [0.15, 0.2) is 18.2 Å². The van der Waals surface area contributed by atoms with Crippen LogP contribution in [0.4, 0.5) is 0 Å². The molecule has 1 fully saturated rings. The Labute approximate surface area is 92.6 Å². The van der Waals surface area contributed by atoms with E-state index in [0.717, 1.165) is 12.8 Å². The topological polar surface area (TPSA) is 46.5 Å². The van der Waals surface area contributed by atoms with Crippen LogP contribution in [-0.4, -0.2) is 11.1 Å². The van der Waals surface area contributed by atoms with Crippen molar-refractivity contribution in [1.82, 2.24) is 0 Å². The summed E-state index contributed by atoms with van der Waals surface area (Å²) in [5.74, 6) is 0.0218.